The van der Waals surface area contributed by atoms with Crippen LogP contribution in [0.25, 0.3) is 0 Å². The molecule has 0 saturated heterocycles. The maximum Gasteiger partial charge on any atom is 0.159 e. The standard InChI is InChI=1S/C16H20N4OS/c1-12-11-22-14-5-3-2-4-13(14)8-19(12)9-15-17-18-16-10-21-7-6-20(15)16/h2-5,12H,6-11H2,1H3. The molecule has 1 atom stereocenters. The van der Waals surface area contributed by atoms with Gasteiger partial charge < -0.3 is 9.30 Å². The Kier molecular flexibility index (Phi) is 3.90. The Morgan fingerprint density at radius 1 is 1.32 bits per heavy atom. The lowest BCUT2D eigenvalue weighted by Gasteiger charge is -2.27. The Morgan fingerprint density at radius 2 is 2.23 bits per heavy atom. The zero-order valence-electron chi connectivity index (χ0n) is 12.7. The van der Waals surface area contributed by atoms with Crippen molar-refractivity contribution in [2.45, 2.75) is 44.1 Å². The lowest BCUT2D eigenvalue weighted by atomic mass is 10.2. The van der Waals surface area contributed by atoms with E-state index in [1.54, 1.807) is 0 Å². The van der Waals surface area contributed by atoms with Crippen LogP contribution in [-0.4, -0.2) is 38.1 Å². The number of aromatic nitrogens is 3. The summed E-state index contributed by atoms with van der Waals surface area (Å²) in [5.74, 6) is 3.13. The quantitative estimate of drug-likeness (QED) is 0.850. The Labute approximate surface area is 134 Å². The fraction of sp³-hybridized carbons (Fsp3) is 0.500. The summed E-state index contributed by atoms with van der Waals surface area (Å²) in [5, 5.41) is 8.67. The molecule has 2 aromatic rings. The van der Waals surface area contributed by atoms with E-state index in [2.05, 4.69) is 50.9 Å². The Morgan fingerprint density at radius 3 is 3.18 bits per heavy atom. The van der Waals surface area contributed by atoms with Crippen LogP contribution in [0.4, 0.5) is 0 Å². The summed E-state index contributed by atoms with van der Waals surface area (Å²) in [6, 6.07) is 9.24. The van der Waals surface area contributed by atoms with Gasteiger partial charge in [-0.2, -0.15) is 0 Å². The minimum atomic E-state index is 0.519. The third kappa shape index (κ3) is 2.66. The molecule has 3 heterocycles. The number of hydrogen-bond acceptors (Lipinski definition) is 5. The molecule has 1 aromatic carbocycles. The van der Waals surface area contributed by atoms with Gasteiger partial charge in [0.2, 0.25) is 0 Å². The summed E-state index contributed by atoms with van der Waals surface area (Å²) in [6.45, 7) is 6.33. The van der Waals surface area contributed by atoms with E-state index in [1.807, 2.05) is 11.8 Å². The van der Waals surface area contributed by atoms with Crippen molar-refractivity contribution in [1.82, 2.24) is 19.7 Å². The first-order chi connectivity index (χ1) is 10.8. The van der Waals surface area contributed by atoms with Gasteiger partial charge in [-0.05, 0) is 18.6 Å². The molecule has 2 aliphatic heterocycles. The number of nitrogens with zero attached hydrogens (tertiary/aromatic N) is 4. The van der Waals surface area contributed by atoms with Crippen LogP contribution in [0.2, 0.25) is 0 Å². The minimum absolute atomic E-state index is 0.519. The highest BCUT2D eigenvalue weighted by Gasteiger charge is 2.24. The second-order valence-corrected chi connectivity index (χ2v) is 6.97. The summed E-state index contributed by atoms with van der Waals surface area (Å²) in [4.78, 5) is 3.92. The van der Waals surface area contributed by atoms with E-state index < -0.39 is 0 Å². The molecule has 2 aliphatic rings. The van der Waals surface area contributed by atoms with E-state index >= 15 is 0 Å². The number of ether oxygens (including phenoxy) is 1. The van der Waals surface area contributed by atoms with Crippen LogP contribution in [0.5, 0.6) is 0 Å². The number of rotatable bonds is 2. The topological polar surface area (TPSA) is 43.2 Å². The van der Waals surface area contributed by atoms with Crippen molar-refractivity contribution in [1.29, 1.82) is 0 Å². The first kappa shape index (κ1) is 14.2. The lowest BCUT2D eigenvalue weighted by molar-refractivity contribution is 0.0790. The minimum Gasteiger partial charge on any atom is -0.372 e. The third-order valence-corrected chi connectivity index (χ3v) is 5.75. The highest BCUT2D eigenvalue weighted by molar-refractivity contribution is 7.99. The monoisotopic (exact) mass is 316 g/mol. The van der Waals surface area contributed by atoms with Crippen molar-refractivity contribution in [2.75, 3.05) is 12.4 Å². The predicted octanol–water partition coefficient (Wildman–Crippen LogP) is 2.30. The van der Waals surface area contributed by atoms with Crippen molar-refractivity contribution >= 4 is 11.8 Å². The van der Waals surface area contributed by atoms with Crippen molar-refractivity contribution in [2.24, 2.45) is 0 Å². The number of benzene rings is 1. The maximum absolute atomic E-state index is 5.45. The molecule has 0 fully saturated rings. The van der Waals surface area contributed by atoms with Crippen LogP contribution in [0.1, 0.15) is 24.1 Å². The van der Waals surface area contributed by atoms with Crippen LogP contribution >= 0.6 is 11.8 Å². The first-order valence-corrected chi connectivity index (χ1v) is 8.73. The molecule has 0 spiro atoms. The first-order valence-electron chi connectivity index (χ1n) is 7.75. The number of hydrogen-bond donors (Lipinski definition) is 0. The predicted molar refractivity (Wildman–Crippen MR) is 85.6 cm³/mol. The zero-order chi connectivity index (χ0) is 14.9. The molecule has 0 amide bonds. The van der Waals surface area contributed by atoms with Gasteiger partial charge in [-0.1, -0.05) is 18.2 Å². The summed E-state index contributed by atoms with van der Waals surface area (Å²) in [7, 11) is 0. The van der Waals surface area contributed by atoms with E-state index in [-0.39, 0.29) is 0 Å². The highest BCUT2D eigenvalue weighted by Crippen LogP contribution is 2.30. The number of thioether (sulfide) groups is 1. The van der Waals surface area contributed by atoms with E-state index in [1.165, 1.54) is 10.5 Å². The fourth-order valence-corrected chi connectivity index (χ4v) is 4.16. The molecule has 116 valence electrons. The molecular formula is C16H20N4OS. The van der Waals surface area contributed by atoms with Crippen molar-refractivity contribution in [3.05, 3.63) is 41.5 Å². The molecule has 0 aliphatic carbocycles. The molecular weight excluding hydrogens is 296 g/mol. The molecule has 6 heteroatoms. The lowest BCUT2D eigenvalue weighted by Crippen LogP contribution is -2.34. The summed E-state index contributed by atoms with van der Waals surface area (Å²) in [6.07, 6.45) is 0. The Balaban J connectivity index is 1.58. The average Bonchev–Trinajstić information content (AvgIpc) is 2.88. The molecule has 0 bridgehead atoms. The molecule has 4 rings (SSSR count). The van der Waals surface area contributed by atoms with Crippen LogP contribution in [-0.2, 0) is 31.0 Å². The van der Waals surface area contributed by atoms with Crippen LogP contribution in [0.3, 0.4) is 0 Å². The van der Waals surface area contributed by atoms with Crippen LogP contribution in [0.15, 0.2) is 29.2 Å². The Bertz CT molecular complexity index is 672. The summed E-state index contributed by atoms with van der Waals surface area (Å²) in [5.41, 5.74) is 1.42. The molecule has 0 N–H and O–H groups in total. The third-order valence-electron chi connectivity index (χ3n) is 4.39. The second kappa shape index (κ2) is 6.02. The molecule has 22 heavy (non-hydrogen) atoms. The molecule has 1 aromatic heterocycles. The fourth-order valence-electron chi connectivity index (χ4n) is 3.03. The van der Waals surface area contributed by atoms with Crippen molar-refractivity contribution in [3.63, 3.8) is 0 Å². The van der Waals surface area contributed by atoms with Gasteiger partial charge in [-0.3, -0.25) is 4.90 Å². The molecule has 5 nitrogen and oxygen atoms in total. The van der Waals surface area contributed by atoms with Crippen molar-refractivity contribution in [3.8, 4) is 0 Å². The van der Waals surface area contributed by atoms with Gasteiger partial charge in [0.15, 0.2) is 5.82 Å². The van der Waals surface area contributed by atoms with E-state index in [0.29, 0.717) is 12.6 Å². The second-order valence-electron chi connectivity index (χ2n) is 5.91. The van der Waals surface area contributed by atoms with E-state index in [0.717, 1.165) is 43.6 Å². The van der Waals surface area contributed by atoms with Gasteiger partial charge in [0.1, 0.15) is 12.4 Å². The molecule has 1 unspecified atom stereocenters. The van der Waals surface area contributed by atoms with E-state index in [9.17, 15) is 0 Å². The number of fused-ring (bicyclic) bond motifs is 2. The zero-order valence-corrected chi connectivity index (χ0v) is 13.6. The van der Waals surface area contributed by atoms with Gasteiger partial charge in [-0.15, -0.1) is 22.0 Å². The van der Waals surface area contributed by atoms with Crippen molar-refractivity contribution < 1.29 is 4.74 Å². The Hall–Kier alpha value is -1.37. The smallest absolute Gasteiger partial charge is 0.159 e. The summed E-state index contributed by atoms with van der Waals surface area (Å²) < 4.78 is 7.67. The normalized spacial score (nSPS) is 22.0. The van der Waals surface area contributed by atoms with E-state index in [4.69, 9.17) is 4.74 Å². The van der Waals surface area contributed by atoms with Gasteiger partial charge in [0.25, 0.3) is 0 Å². The maximum atomic E-state index is 5.45. The van der Waals surface area contributed by atoms with Gasteiger partial charge in [0, 0.05) is 29.8 Å². The van der Waals surface area contributed by atoms with Gasteiger partial charge in [0.05, 0.1) is 13.2 Å². The molecule has 0 saturated carbocycles. The largest absolute Gasteiger partial charge is 0.372 e. The van der Waals surface area contributed by atoms with Gasteiger partial charge >= 0.3 is 0 Å². The van der Waals surface area contributed by atoms with Crippen LogP contribution in [0, 0.1) is 0 Å². The molecule has 0 radical (unpaired) electrons. The highest BCUT2D eigenvalue weighted by atomic mass is 32.2. The average molecular weight is 316 g/mol. The summed E-state index contributed by atoms with van der Waals surface area (Å²) >= 11 is 1.96. The SMILES string of the molecule is CC1CSc2ccccc2CN1Cc1nnc2n1CCOC2. The van der Waals surface area contributed by atoms with Gasteiger partial charge in [-0.25, -0.2) is 0 Å². The van der Waals surface area contributed by atoms with Crippen LogP contribution < -0.4 is 0 Å².